The molecular formula is C23H30N4O2. The Morgan fingerprint density at radius 2 is 1.62 bits per heavy atom. The summed E-state index contributed by atoms with van der Waals surface area (Å²) in [4.78, 5) is 16.9. The number of benzene rings is 2. The normalized spacial score (nSPS) is 15.9. The van der Waals surface area contributed by atoms with Crippen molar-refractivity contribution >= 4 is 11.6 Å². The summed E-state index contributed by atoms with van der Waals surface area (Å²) in [6.07, 6.45) is 0. The number of rotatable bonds is 7. The maximum Gasteiger partial charge on any atom is 0.254 e. The second-order valence-corrected chi connectivity index (χ2v) is 7.50. The van der Waals surface area contributed by atoms with Crippen LogP contribution in [0.5, 0.6) is 5.75 Å². The lowest BCUT2D eigenvalue weighted by molar-refractivity contribution is -0.122. The quantitative estimate of drug-likeness (QED) is 0.579. The lowest BCUT2D eigenvalue weighted by atomic mass is 10.1. The fourth-order valence-electron chi connectivity index (χ4n) is 3.34. The van der Waals surface area contributed by atoms with E-state index < -0.39 is 0 Å². The van der Waals surface area contributed by atoms with Crippen LogP contribution in [-0.4, -0.2) is 61.3 Å². The summed E-state index contributed by atoms with van der Waals surface area (Å²) >= 11 is 0. The molecule has 1 saturated heterocycles. The highest BCUT2D eigenvalue weighted by atomic mass is 16.5. The average Bonchev–Trinajstić information content (AvgIpc) is 2.75. The molecular weight excluding hydrogens is 364 g/mol. The highest BCUT2D eigenvalue weighted by Crippen LogP contribution is 2.12. The van der Waals surface area contributed by atoms with E-state index in [2.05, 4.69) is 51.5 Å². The lowest BCUT2D eigenvalue weighted by Crippen LogP contribution is -2.48. The van der Waals surface area contributed by atoms with E-state index in [-0.39, 0.29) is 5.91 Å². The van der Waals surface area contributed by atoms with E-state index in [1.165, 1.54) is 11.1 Å². The Labute approximate surface area is 173 Å². The highest BCUT2D eigenvalue weighted by Gasteiger charge is 2.19. The Balaban J connectivity index is 1.41. The second kappa shape index (κ2) is 10.2. The molecule has 154 valence electrons. The molecule has 0 spiro atoms. The van der Waals surface area contributed by atoms with Gasteiger partial charge in [-0.2, -0.15) is 5.10 Å². The van der Waals surface area contributed by atoms with Crippen molar-refractivity contribution in [2.24, 2.45) is 5.10 Å². The number of hydrogen-bond acceptors (Lipinski definition) is 5. The summed E-state index contributed by atoms with van der Waals surface area (Å²) in [5.41, 5.74) is 7.02. The third-order valence-corrected chi connectivity index (χ3v) is 5.22. The maximum atomic E-state index is 12.3. The van der Waals surface area contributed by atoms with E-state index in [1.54, 1.807) is 7.11 Å². The van der Waals surface area contributed by atoms with Crippen molar-refractivity contribution in [1.82, 2.24) is 15.2 Å². The fraction of sp³-hybridized carbons (Fsp3) is 0.391. The van der Waals surface area contributed by atoms with Gasteiger partial charge in [-0.3, -0.25) is 14.6 Å². The molecule has 2 aromatic rings. The highest BCUT2D eigenvalue weighted by molar-refractivity contribution is 5.99. The van der Waals surface area contributed by atoms with Crippen LogP contribution in [0.15, 0.2) is 53.6 Å². The molecule has 29 heavy (non-hydrogen) atoms. The molecule has 0 aliphatic carbocycles. The average molecular weight is 395 g/mol. The summed E-state index contributed by atoms with van der Waals surface area (Å²) in [6, 6.07) is 16.3. The number of carbonyl (C=O) groups is 1. The summed E-state index contributed by atoms with van der Waals surface area (Å²) in [5, 5.41) is 4.23. The molecule has 1 fully saturated rings. The molecule has 3 rings (SSSR count). The Hall–Kier alpha value is -2.70. The Morgan fingerprint density at radius 3 is 2.24 bits per heavy atom. The lowest BCUT2D eigenvalue weighted by Gasteiger charge is -2.34. The molecule has 0 atom stereocenters. The van der Waals surface area contributed by atoms with Gasteiger partial charge in [-0.25, -0.2) is 5.43 Å². The summed E-state index contributed by atoms with van der Waals surface area (Å²) < 4.78 is 5.16. The van der Waals surface area contributed by atoms with Gasteiger partial charge in [0.25, 0.3) is 5.91 Å². The van der Waals surface area contributed by atoms with E-state index in [4.69, 9.17) is 4.74 Å². The molecule has 1 N–H and O–H groups in total. The van der Waals surface area contributed by atoms with Gasteiger partial charge in [0, 0.05) is 32.7 Å². The van der Waals surface area contributed by atoms with Gasteiger partial charge in [0.2, 0.25) is 0 Å². The molecule has 1 heterocycles. The van der Waals surface area contributed by atoms with Crippen LogP contribution in [0, 0.1) is 6.92 Å². The van der Waals surface area contributed by atoms with Gasteiger partial charge in [0.15, 0.2) is 0 Å². The summed E-state index contributed by atoms with van der Waals surface area (Å²) in [7, 11) is 1.64. The number of aryl methyl sites for hydroxylation is 1. The number of amides is 1. The van der Waals surface area contributed by atoms with Gasteiger partial charge in [-0.05, 0) is 49.2 Å². The second-order valence-electron chi connectivity index (χ2n) is 7.50. The number of methoxy groups -OCH3 is 1. The van der Waals surface area contributed by atoms with Crippen LogP contribution in [0.2, 0.25) is 0 Å². The van der Waals surface area contributed by atoms with E-state index in [1.807, 2.05) is 31.2 Å². The van der Waals surface area contributed by atoms with Crippen LogP contribution in [0.4, 0.5) is 0 Å². The van der Waals surface area contributed by atoms with E-state index >= 15 is 0 Å². The Kier molecular flexibility index (Phi) is 7.38. The number of hydrazone groups is 1. The fourth-order valence-corrected chi connectivity index (χ4v) is 3.34. The minimum absolute atomic E-state index is 0.0788. The van der Waals surface area contributed by atoms with Crippen molar-refractivity contribution in [3.8, 4) is 5.75 Å². The van der Waals surface area contributed by atoms with Crippen molar-refractivity contribution in [3.63, 3.8) is 0 Å². The standard InChI is InChI=1S/C23H30N4O2/c1-18-4-6-20(7-5-18)16-26-12-14-27(15-13-26)17-23(28)25-24-19(2)21-8-10-22(29-3)11-9-21/h4-11H,12-17H2,1-3H3,(H,25,28)/b24-19-. The van der Waals surface area contributed by atoms with Gasteiger partial charge < -0.3 is 4.74 Å². The van der Waals surface area contributed by atoms with Crippen LogP contribution in [0.1, 0.15) is 23.6 Å². The largest absolute Gasteiger partial charge is 0.497 e. The van der Waals surface area contributed by atoms with Crippen molar-refractivity contribution in [2.75, 3.05) is 39.8 Å². The van der Waals surface area contributed by atoms with Crippen LogP contribution in [0.3, 0.4) is 0 Å². The van der Waals surface area contributed by atoms with Gasteiger partial charge in [0.05, 0.1) is 19.4 Å². The molecule has 1 amide bonds. The van der Waals surface area contributed by atoms with Gasteiger partial charge in [0.1, 0.15) is 5.75 Å². The first-order valence-electron chi connectivity index (χ1n) is 10.0. The Morgan fingerprint density at radius 1 is 1.00 bits per heavy atom. The van der Waals surface area contributed by atoms with E-state index in [0.717, 1.165) is 49.7 Å². The van der Waals surface area contributed by atoms with Crippen LogP contribution in [-0.2, 0) is 11.3 Å². The minimum Gasteiger partial charge on any atom is -0.497 e. The molecule has 1 aliphatic rings. The van der Waals surface area contributed by atoms with Gasteiger partial charge >= 0.3 is 0 Å². The van der Waals surface area contributed by atoms with Crippen molar-refractivity contribution in [2.45, 2.75) is 20.4 Å². The first-order valence-corrected chi connectivity index (χ1v) is 10.0. The third kappa shape index (κ3) is 6.41. The van der Waals surface area contributed by atoms with Crippen LogP contribution in [0.25, 0.3) is 0 Å². The van der Waals surface area contributed by atoms with Crippen LogP contribution >= 0.6 is 0 Å². The molecule has 0 radical (unpaired) electrons. The molecule has 0 saturated carbocycles. The molecule has 6 heteroatoms. The minimum atomic E-state index is -0.0788. The number of ether oxygens (including phenoxy) is 1. The van der Waals surface area contributed by atoms with Crippen molar-refractivity contribution in [1.29, 1.82) is 0 Å². The predicted molar refractivity (Wildman–Crippen MR) is 116 cm³/mol. The monoisotopic (exact) mass is 394 g/mol. The first kappa shape index (κ1) is 21.0. The molecule has 6 nitrogen and oxygen atoms in total. The predicted octanol–water partition coefficient (Wildman–Crippen LogP) is 2.66. The molecule has 1 aliphatic heterocycles. The van der Waals surface area contributed by atoms with E-state index in [0.29, 0.717) is 6.54 Å². The molecule has 2 aromatic carbocycles. The molecule has 0 bridgehead atoms. The van der Waals surface area contributed by atoms with Gasteiger partial charge in [-0.1, -0.05) is 29.8 Å². The van der Waals surface area contributed by atoms with Crippen LogP contribution < -0.4 is 10.2 Å². The third-order valence-electron chi connectivity index (χ3n) is 5.22. The van der Waals surface area contributed by atoms with Crippen molar-refractivity contribution < 1.29 is 9.53 Å². The maximum absolute atomic E-state index is 12.3. The molecule has 0 unspecified atom stereocenters. The number of hydrogen-bond donors (Lipinski definition) is 1. The van der Waals surface area contributed by atoms with Gasteiger partial charge in [-0.15, -0.1) is 0 Å². The zero-order chi connectivity index (χ0) is 20.6. The molecule has 0 aromatic heterocycles. The first-order chi connectivity index (χ1) is 14.0. The number of piperazine rings is 1. The zero-order valence-electron chi connectivity index (χ0n) is 17.5. The smallest absolute Gasteiger partial charge is 0.254 e. The number of nitrogens with zero attached hydrogens (tertiary/aromatic N) is 3. The van der Waals surface area contributed by atoms with Crippen molar-refractivity contribution in [3.05, 3.63) is 65.2 Å². The summed E-state index contributed by atoms with van der Waals surface area (Å²) in [5.74, 6) is 0.719. The number of carbonyl (C=O) groups excluding carboxylic acids is 1. The number of nitrogens with one attached hydrogen (secondary N) is 1. The Bertz CT molecular complexity index is 823. The zero-order valence-corrected chi connectivity index (χ0v) is 17.5. The SMILES string of the molecule is COc1ccc(/C(C)=N\NC(=O)CN2CCN(Cc3ccc(C)cc3)CC2)cc1. The van der Waals surface area contributed by atoms with E-state index in [9.17, 15) is 4.79 Å². The summed E-state index contributed by atoms with van der Waals surface area (Å²) in [6.45, 7) is 9.04. The topological polar surface area (TPSA) is 57.2 Å².